The summed E-state index contributed by atoms with van der Waals surface area (Å²) in [5, 5.41) is 11.5. The highest BCUT2D eigenvalue weighted by atomic mass is 19.3. The molecule has 1 aromatic rings. The van der Waals surface area contributed by atoms with Gasteiger partial charge in [-0.1, -0.05) is 31.9 Å². The van der Waals surface area contributed by atoms with Crippen molar-refractivity contribution in [3.63, 3.8) is 0 Å². The van der Waals surface area contributed by atoms with Gasteiger partial charge in [0.2, 0.25) is 5.91 Å². The molecule has 30 heavy (non-hydrogen) atoms. The molecule has 0 radical (unpaired) electrons. The molecule has 1 N–H and O–H groups in total. The van der Waals surface area contributed by atoms with Crippen LogP contribution in [0.5, 0.6) is 0 Å². The van der Waals surface area contributed by atoms with E-state index in [9.17, 15) is 18.4 Å². The van der Waals surface area contributed by atoms with Crippen molar-refractivity contribution in [3.8, 4) is 6.07 Å². The molecule has 0 aromatic carbocycles. The number of amides is 2. The second-order valence-corrected chi connectivity index (χ2v) is 8.25. The summed E-state index contributed by atoms with van der Waals surface area (Å²) < 4.78 is 27.0. The number of alkyl halides is 2. The van der Waals surface area contributed by atoms with Crippen molar-refractivity contribution in [2.24, 2.45) is 11.8 Å². The molecule has 1 atom stereocenters. The Bertz CT molecular complexity index is 857. The number of allylic oxidation sites excluding steroid dienone is 1. The number of nitrogens with zero attached hydrogens (tertiary/aromatic N) is 3. The Morgan fingerprint density at radius 3 is 2.80 bits per heavy atom. The Kier molecular flexibility index (Phi) is 6.80. The monoisotopic (exact) mass is 416 g/mol. The van der Waals surface area contributed by atoms with E-state index in [2.05, 4.69) is 23.3 Å². The van der Waals surface area contributed by atoms with E-state index < -0.39 is 43.3 Å². The first-order valence-electron chi connectivity index (χ1n) is 10.3. The fourth-order valence-electron chi connectivity index (χ4n) is 4.01. The Morgan fingerprint density at radius 2 is 2.10 bits per heavy atom. The van der Waals surface area contributed by atoms with Crippen LogP contribution in [0.3, 0.4) is 0 Å². The summed E-state index contributed by atoms with van der Waals surface area (Å²) in [6.07, 6.45) is 11.0. The van der Waals surface area contributed by atoms with Gasteiger partial charge < -0.3 is 10.2 Å². The largest absolute Gasteiger partial charge is 0.343 e. The molecule has 1 aromatic heterocycles. The molecular formula is C22H26F2N4O2. The van der Waals surface area contributed by atoms with E-state index in [1.54, 1.807) is 18.3 Å². The van der Waals surface area contributed by atoms with Crippen LogP contribution in [-0.2, 0) is 4.79 Å². The van der Waals surface area contributed by atoms with Crippen LogP contribution in [0.25, 0.3) is 6.08 Å². The molecule has 1 saturated carbocycles. The number of aromatic nitrogens is 1. The van der Waals surface area contributed by atoms with Crippen molar-refractivity contribution in [2.75, 3.05) is 13.1 Å². The highest BCUT2D eigenvalue weighted by molar-refractivity contribution is 5.99. The Labute approximate surface area is 175 Å². The van der Waals surface area contributed by atoms with Gasteiger partial charge in [-0.2, -0.15) is 5.26 Å². The normalized spacial score (nSPS) is 25.8. The number of pyridine rings is 1. The van der Waals surface area contributed by atoms with Crippen LogP contribution in [0, 0.1) is 23.2 Å². The van der Waals surface area contributed by atoms with E-state index in [1.807, 2.05) is 6.08 Å². The third kappa shape index (κ3) is 5.41. The molecule has 1 saturated heterocycles. The summed E-state index contributed by atoms with van der Waals surface area (Å²) in [5.41, 5.74) is 1.01. The van der Waals surface area contributed by atoms with Gasteiger partial charge in [0, 0.05) is 29.9 Å². The van der Waals surface area contributed by atoms with Gasteiger partial charge in [-0.3, -0.25) is 14.6 Å². The van der Waals surface area contributed by atoms with Gasteiger partial charge in [-0.05, 0) is 30.7 Å². The number of likely N-dealkylation sites (tertiary alicyclic amines) is 1. The first-order chi connectivity index (χ1) is 14.3. The first kappa shape index (κ1) is 21.9. The van der Waals surface area contributed by atoms with E-state index in [4.69, 9.17) is 5.26 Å². The molecule has 1 aliphatic heterocycles. The number of carbonyl (C=O) groups excluding carboxylic acids is 2. The second-order valence-electron chi connectivity index (χ2n) is 8.25. The highest BCUT2D eigenvalue weighted by Crippen LogP contribution is 2.32. The fraction of sp³-hybridized carbons (Fsp3) is 0.545. The molecule has 3 rings (SSSR count). The summed E-state index contributed by atoms with van der Waals surface area (Å²) in [4.78, 5) is 29.8. The molecule has 2 heterocycles. The van der Waals surface area contributed by atoms with Gasteiger partial charge in [-0.15, -0.1) is 0 Å². The van der Waals surface area contributed by atoms with Gasteiger partial charge in [0.15, 0.2) is 0 Å². The van der Waals surface area contributed by atoms with Crippen molar-refractivity contribution >= 4 is 17.9 Å². The topological polar surface area (TPSA) is 86.1 Å². The molecule has 0 bridgehead atoms. The molecular weight excluding hydrogens is 390 g/mol. The van der Waals surface area contributed by atoms with Crippen LogP contribution in [0.15, 0.2) is 24.5 Å². The smallest absolute Gasteiger partial charge is 0.268 e. The molecule has 6 nitrogen and oxygen atoms in total. The average Bonchev–Trinajstić information content (AvgIpc) is 3.06. The summed E-state index contributed by atoms with van der Waals surface area (Å²) in [5.74, 6) is -3.04. The molecule has 0 spiro atoms. The van der Waals surface area contributed by atoms with Crippen LogP contribution in [0.2, 0.25) is 0 Å². The Hall–Kier alpha value is -2.82. The molecule has 1 aliphatic carbocycles. The predicted octanol–water partition coefficient (Wildman–Crippen LogP) is 3.41. The lowest BCUT2D eigenvalue weighted by Crippen LogP contribution is -2.43. The number of nitrogens with one attached hydrogen (secondary N) is 1. The van der Waals surface area contributed by atoms with Crippen molar-refractivity contribution in [1.29, 1.82) is 5.26 Å². The van der Waals surface area contributed by atoms with Crippen molar-refractivity contribution in [3.05, 3.63) is 35.7 Å². The minimum atomic E-state index is -3.08. The number of halogens is 2. The maximum absolute atomic E-state index is 13.5. The van der Waals surface area contributed by atoms with E-state index >= 15 is 0 Å². The zero-order valence-electron chi connectivity index (χ0n) is 17.0. The maximum atomic E-state index is 13.5. The first-order valence-corrected chi connectivity index (χ1v) is 10.3. The molecule has 1 unspecified atom stereocenters. The number of carbonyl (C=O) groups is 2. The number of hydrogen-bond donors (Lipinski definition) is 1. The van der Waals surface area contributed by atoms with Gasteiger partial charge in [0.05, 0.1) is 19.2 Å². The standard InChI is InChI=1S/C22H26F2N4O2/c1-15-2-4-16(5-3-15)6-7-17-12-26-9-8-19(17)21(30)27-13-20(29)28-14-22(23,24)10-18(28)11-25/h6-9,12,15-16,18H,2-5,10,13-14H2,1H3,(H,27,30). The van der Waals surface area contributed by atoms with Gasteiger partial charge >= 0.3 is 0 Å². The van der Waals surface area contributed by atoms with Crippen LogP contribution in [0.4, 0.5) is 8.78 Å². The Morgan fingerprint density at radius 1 is 1.37 bits per heavy atom. The van der Waals surface area contributed by atoms with Gasteiger partial charge in [0.1, 0.15) is 6.04 Å². The molecule has 160 valence electrons. The van der Waals surface area contributed by atoms with Crippen LogP contribution < -0.4 is 5.32 Å². The number of rotatable bonds is 5. The fourth-order valence-corrected chi connectivity index (χ4v) is 4.01. The number of nitriles is 1. The second kappa shape index (κ2) is 9.33. The van der Waals surface area contributed by atoms with E-state index in [1.165, 1.54) is 19.0 Å². The molecule has 2 aliphatic rings. The zero-order chi connectivity index (χ0) is 21.7. The Balaban J connectivity index is 1.61. The summed E-state index contributed by atoms with van der Waals surface area (Å²) in [6, 6.07) is 2.11. The van der Waals surface area contributed by atoms with E-state index in [-0.39, 0.29) is 0 Å². The number of hydrogen-bond acceptors (Lipinski definition) is 4. The zero-order valence-corrected chi connectivity index (χ0v) is 17.0. The average molecular weight is 416 g/mol. The highest BCUT2D eigenvalue weighted by Gasteiger charge is 2.47. The van der Waals surface area contributed by atoms with Crippen LogP contribution >= 0.6 is 0 Å². The lowest BCUT2D eigenvalue weighted by Gasteiger charge is -2.23. The quantitative estimate of drug-likeness (QED) is 0.797. The van der Waals surface area contributed by atoms with Crippen LogP contribution in [0.1, 0.15) is 54.9 Å². The summed E-state index contributed by atoms with van der Waals surface area (Å²) in [6.45, 7) is 1.01. The molecule has 8 heteroatoms. The maximum Gasteiger partial charge on any atom is 0.268 e. The van der Waals surface area contributed by atoms with Crippen molar-refractivity contribution < 1.29 is 18.4 Å². The van der Waals surface area contributed by atoms with Gasteiger partial charge in [0.25, 0.3) is 11.8 Å². The minimum Gasteiger partial charge on any atom is -0.343 e. The van der Waals surface area contributed by atoms with Crippen molar-refractivity contribution in [1.82, 2.24) is 15.2 Å². The third-order valence-corrected chi connectivity index (χ3v) is 5.84. The predicted molar refractivity (Wildman–Crippen MR) is 107 cm³/mol. The summed E-state index contributed by atoms with van der Waals surface area (Å²) >= 11 is 0. The lowest BCUT2D eigenvalue weighted by atomic mass is 9.83. The lowest BCUT2D eigenvalue weighted by molar-refractivity contribution is -0.131. The van der Waals surface area contributed by atoms with E-state index in [0.717, 1.165) is 23.7 Å². The van der Waals surface area contributed by atoms with E-state index in [0.29, 0.717) is 17.0 Å². The third-order valence-electron chi connectivity index (χ3n) is 5.84. The van der Waals surface area contributed by atoms with Crippen molar-refractivity contribution in [2.45, 2.75) is 51.0 Å². The minimum absolute atomic E-state index is 0.363. The molecule has 2 amide bonds. The SMILES string of the molecule is CC1CCC(C=Cc2cnccc2C(=O)NCC(=O)N2CC(F)(F)CC2C#N)CC1. The summed E-state index contributed by atoms with van der Waals surface area (Å²) in [7, 11) is 0. The van der Waals surface area contributed by atoms with Crippen LogP contribution in [-0.4, -0.2) is 46.8 Å². The molecule has 2 fully saturated rings. The van der Waals surface area contributed by atoms with Gasteiger partial charge in [-0.25, -0.2) is 8.78 Å².